The minimum Gasteiger partial charge on any atom is -0.447 e. The second-order valence-corrected chi connectivity index (χ2v) is 8.53. The van der Waals surface area contributed by atoms with Gasteiger partial charge < -0.3 is 4.74 Å². The van der Waals surface area contributed by atoms with E-state index in [1.54, 1.807) is 16.7 Å². The van der Waals surface area contributed by atoms with E-state index in [4.69, 9.17) is 9.72 Å². The largest absolute Gasteiger partial charge is 0.447 e. The third-order valence-electron chi connectivity index (χ3n) is 5.14. The highest BCUT2D eigenvalue weighted by molar-refractivity contribution is 7.99. The number of carbonyl (C=O) groups is 1. The van der Waals surface area contributed by atoms with Crippen LogP contribution in [0, 0.1) is 6.92 Å². The molecule has 3 aromatic rings. The molecule has 0 saturated heterocycles. The van der Waals surface area contributed by atoms with E-state index in [1.165, 1.54) is 0 Å². The molecule has 1 amide bonds. The van der Waals surface area contributed by atoms with Gasteiger partial charge in [-0.15, -0.1) is 10.2 Å². The minimum atomic E-state index is -0.639. The number of para-hydroxylation sites is 1. The Balaban J connectivity index is 1.87. The number of fused-ring (bicyclic) bond motifs is 3. The molecule has 6 nitrogen and oxygen atoms in total. The zero-order valence-corrected chi connectivity index (χ0v) is 18.9. The molecule has 0 aliphatic carbocycles. The van der Waals surface area contributed by atoms with Crippen LogP contribution in [0.5, 0.6) is 5.88 Å². The van der Waals surface area contributed by atoms with Crippen LogP contribution in [0.15, 0.2) is 53.7 Å². The van der Waals surface area contributed by atoms with Crippen LogP contribution in [0.4, 0.5) is 5.69 Å². The van der Waals surface area contributed by atoms with Crippen LogP contribution < -0.4 is 9.64 Å². The second-order valence-electron chi connectivity index (χ2n) is 7.47. The molecular weight excluding hydrogens is 408 g/mol. The summed E-state index contributed by atoms with van der Waals surface area (Å²) in [6, 6.07) is 15.7. The summed E-state index contributed by atoms with van der Waals surface area (Å²) in [5.41, 5.74) is 4.09. The maximum Gasteiger partial charge on any atom is 0.247 e. The lowest BCUT2D eigenvalue weighted by molar-refractivity contribution is -0.120. The standard InChI is InChI=1S/C24H26N4O2S/c1-4-6-14-31-24-25-22-21(26-27-24)18-12-7-8-13-19(18)28(20(29)5-2)23(30-22)17-11-9-10-16(3)15-17/h7-13,15,23H,4-6,14H2,1-3H3/t23-/m0/s1. The lowest BCUT2D eigenvalue weighted by Crippen LogP contribution is -2.37. The Labute approximate surface area is 187 Å². The number of carbonyl (C=O) groups excluding carboxylic acids is 1. The molecule has 0 spiro atoms. The molecular formula is C24H26N4O2S. The van der Waals surface area contributed by atoms with Crippen molar-refractivity contribution in [3.05, 3.63) is 59.7 Å². The van der Waals surface area contributed by atoms with Gasteiger partial charge in [0.25, 0.3) is 0 Å². The predicted molar refractivity (Wildman–Crippen MR) is 123 cm³/mol. The quantitative estimate of drug-likeness (QED) is 0.373. The number of thioether (sulfide) groups is 1. The third kappa shape index (κ3) is 4.42. The minimum absolute atomic E-state index is 0.0303. The van der Waals surface area contributed by atoms with Crippen molar-refractivity contribution in [2.24, 2.45) is 0 Å². The summed E-state index contributed by atoms with van der Waals surface area (Å²) in [5, 5.41) is 9.38. The van der Waals surface area contributed by atoms with Crippen LogP contribution in [0.1, 0.15) is 50.5 Å². The maximum absolute atomic E-state index is 13.1. The number of hydrogen-bond donors (Lipinski definition) is 0. The van der Waals surface area contributed by atoms with Crippen molar-refractivity contribution >= 4 is 23.4 Å². The van der Waals surface area contributed by atoms with Crippen LogP contribution in [0.25, 0.3) is 11.3 Å². The molecule has 0 unspecified atom stereocenters. The molecule has 4 rings (SSSR count). The van der Waals surface area contributed by atoms with E-state index in [1.807, 2.05) is 62.4 Å². The monoisotopic (exact) mass is 434 g/mol. The Morgan fingerprint density at radius 2 is 1.97 bits per heavy atom. The Bertz CT molecular complexity index is 1090. The lowest BCUT2D eigenvalue weighted by Gasteiger charge is -2.30. The SMILES string of the molecule is CCCCSc1nnc2c(n1)O[C@@H](c1cccc(C)c1)N(C(=O)CC)c1ccccc1-2. The fourth-order valence-corrected chi connectivity index (χ4v) is 4.42. The number of benzene rings is 2. The molecule has 0 N–H and O–H groups in total. The number of aromatic nitrogens is 3. The van der Waals surface area contributed by atoms with Gasteiger partial charge in [-0.05, 0) is 19.4 Å². The molecule has 7 heteroatoms. The molecule has 0 saturated carbocycles. The fraction of sp³-hybridized carbons (Fsp3) is 0.333. The van der Waals surface area contributed by atoms with Gasteiger partial charge in [-0.3, -0.25) is 9.69 Å². The van der Waals surface area contributed by atoms with Crippen molar-refractivity contribution < 1.29 is 9.53 Å². The first-order valence-corrected chi connectivity index (χ1v) is 11.6. The van der Waals surface area contributed by atoms with E-state index in [-0.39, 0.29) is 5.91 Å². The average molecular weight is 435 g/mol. The van der Waals surface area contributed by atoms with E-state index in [2.05, 4.69) is 17.1 Å². The van der Waals surface area contributed by atoms with E-state index >= 15 is 0 Å². The van der Waals surface area contributed by atoms with Crippen LogP contribution in [-0.2, 0) is 4.79 Å². The summed E-state index contributed by atoms with van der Waals surface area (Å²) in [7, 11) is 0. The average Bonchev–Trinajstić information content (AvgIpc) is 2.93. The summed E-state index contributed by atoms with van der Waals surface area (Å²) in [6.45, 7) is 6.04. The molecule has 1 atom stereocenters. The topological polar surface area (TPSA) is 68.2 Å². The Morgan fingerprint density at radius 1 is 1.13 bits per heavy atom. The molecule has 0 radical (unpaired) electrons. The van der Waals surface area contributed by atoms with Crippen molar-refractivity contribution in [3.63, 3.8) is 0 Å². The van der Waals surface area contributed by atoms with Crippen LogP contribution in [-0.4, -0.2) is 26.8 Å². The highest BCUT2D eigenvalue weighted by Gasteiger charge is 2.35. The number of aryl methyl sites for hydroxylation is 1. The summed E-state index contributed by atoms with van der Waals surface area (Å²) < 4.78 is 6.44. The van der Waals surface area contributed by atoms with Crippen LogP contribution in [0.2, 0.25) is 0 Å². The highest BCUT2D eigenvalue weighted by atomic mass is 32.2. The first kappa shape index (κ1) is 21.3. The Hall–Kier alpha value is -2.93. The molecule has 31 heavy (non-hydrogen) atoms. The second kappa shape index (κ2) is 9.47. The van der Waals surface area contributed by atoms with Crippen molar-refractivity contribution in [2.45, 2.75) is 51.4 Å². The summed E-state index contributed by atoms with van der Waals surface area (Å²) in [4.78, 5) is 19.5. The van der Waals surface area contributed by atoms with Gasteiger partial charge in [0.15, 0.2) is 5.69 Å². The molecule has 1 aliphatic rings. The molecule has 0 fully saturated rings. The first-order valence-electron chi connectivity index (χ1n) is 10.6. The van der Waals surface area contributed by atoms with Crippen LogP contribution >= 0.6 is 11.8 Å². The number of nitrogens with zero attached hydrogens (tertiary/aromatic N) is 4. The molecule has 2 heterocycles. The van der Waals surface area contributed by atoms with E-state index < -0.39 is 6.23 Å². The number of amides is 1. The Kier molecular flexibility index (Phi) is 6.51. The van der Waals surface area contributed by atoms with Gasteiger partial charge in [0.2, 0.25) is 23.2 Å². The van der Waals surface area contributed by atoms with Crippen molar-refractivity contribution in [3.8, 4) is 17.1 Å². The first-order chi connectivity index (χ1) is 15.1. The van der Waals surface area contributed by atoms with Crippen molar-refractivity contribution in [2.75, 3.05) is 10.7 Å². The fourth-order valence-electron chi connectivity index (χ4n) is 3.56. The smallest absolute Gasteiger partial charge is 0.247 e. The molecule has 0 bridgehead atoms. The summed E-state index contributed by atoms with van der Waals surface area (Å²) in [5.74, 6) is 1.30. The van der Waals surface area contributed by atoms with Crippen molar-refractivity contribution in [1.29, 1.82) is 0 Å². The third-order valence-corrected chi connectivity index (χ3v) is 6.06. The van der Waals surface area contributed by atoms with Crippen molar-refractivity contribution in [1.82, 2.24) is 15.2 Å². The number of rotatable bonds is 6. The normalized spacial score (nSPS) is 14.9. The maximum atomic E-state index is 13.1. The molecule has 1 aromatic heterocycles. The van der Waals surface area contributed by atoms with E-state index in [0.717, 1.165) is 41.0 Å². The van der Waals surface area contributed by atoms with E-state index in [0.29, 0.717) is 23.2 Å². The zero-order valence-electron chi connectivity index (χ0n) is 18.0. The van der Waals surface area contributed by atoms with Gasteiger partial charge in [0.05, 0.1) is 5.69 Å². The number of ether oxygens (including phenoxy) is 1. The number of hydrogen-bond acceptors (Lipinski definition) is 6. The van der Waals surface area contributed by atoms with E-state index in [9.17, 15) is 4.79 Å². The lowest BCUT2D eigenvalue weighted by atomic mass is 10.1. The number of anilines is 1. The van der Waals surface area contributed by atoms with Gasteiger partial charge in [0, 0.05) is 23.3 Å². The zero-order chi connectivity index (χ0) is 21.8. The van der Waals surface area contributed by atoms with Gasteiger partial charge in [0.1, 0.15) is 0 Å². The highest BCUT2D eigenvalue weighted by Crippen LogP contribution is 2.43. The molecule has 2 aromatic carbocycles. The van der Waals surface area contributed by atoms with Gasteiger partial charge >= 0.3 is 0 Å². The van der Waals surface area contributed by atoms with Crippen LogP contribution in [0.3, 0.4) is 0 Å². The summed E-state index contributed by atoms with van der Waals surface area (Å²) in [6.07, 6.45) is 1.91. The van der Waals surface area contributed by atoms with Gasteiger partial charge in [-0.25, -0.2) is 0 Å². The van der Waals surface area contributed by atoms with Gasteiger partial charge in [-0.2, -0.15) is 4.98 Å². The van der Waals surface area contributed by atoms with Gasteiger partial charge in [-0.1, -0.05) is 80.1 Å². The number of unbranched alkanes of at least 4 members (excludes halogenated alkanes) is 1. The molecule has 1 aliphatic heterocycles. The predicted octanol–water partition coefficient (Wildman–Crippen LogP) is 5.57. The molecule has 160 valence electrons. The summed E-state index contributed by atoms with van der Waals surface area (Å²) >= 11 is 1.57. The Morgan fingerprint density at radius 3 is 2.74 bits per heavy atom.